The number of rotatable bonds is 6. The van der Waals surface area contributed by atoms with Crippen LogP contribution in [0.4, 0.5) is 0 Å². The molecule has 1 N–H and O–H groups in total. The minimum Gasteiger partial charge on any atom is -0.457 e. The summed E-state index contributed by atoms with van der Waals surface area (Å²) in [5, 5.41) is 0. The number of hydrogen-bond donors (Lipinski definition) is 1. The Morgan fingerprint density at radius 3 is 2.35 bits per heavy atom. The third kappa shape index (κ3) is 3.64. The van der Waals surface area contributed by atoms with Gasteiger partial charge in [-0.15, -0.1) is 0 Å². The Bertz CT molecular complexity index is 542. The van der Waals surface area contributed by atoms with E-state index in [2.05, 4.69) is 6.58 Å². The van der Waals surface area contributed by atoms with E-state index in [-0.39, 0.29) is 22.8 Å². The van der Waals surface area contributed by atoms with Gasteiger partial charge in [-0.2, -0.15) is 4.21 Å². The summed E-state index contributed by atoms with van der Waals surface area (Å²) in [6.07, 6.45) is 0.475. The molecule has 5 unspecified atom stereocenters. The fourth-order valence-corrected chi connectivity index (χ4v) is 4.24. The fourth-order valence-electron chi connectivity index (χ4n) is 3.81. The van der Waals surface area contributed by atoms with E-state index >= 15 is 0 Å². The van der Waals surface area contributed by atoms with Crippen molar-refractivity contribution in [3.8, 4) is 0 Å². The van der Waals surface area contributed by atoms with E-state index in [1.165, 1.54) is 6.92 Å². The molecule has 0 amide bonds. The molecule has 0 spiro atoms. The Kier molecular flexibility index (Phi) is 5.27. The molecule has 8 heteroatoms. The van der Waals surface area contributed by atoms with Gasteiger partial charge in [-0.1, -0.05) is 20.4 Å². The molecule has 130 valence electrons. The van der Waals surface area contributed by atoms with Gasteiger partial charge in [0.15, 0.2) is 6.61 Å². The Balaban J connectivity index is 2.02. The average molecular weight is 346 g/mol. The molecular formula is C15H22O7S. The van der Waals surface area contributed by atoms with E-state index in [1.807, 2.05) is 13.8 Å². The molecule has 0 aromatic carbocycles. The number of fused-ring (bicyclic) bond motifs is 2. The lowest BCUT2D eigenvalue weighted by atomic mass is 9.82. The summed E-state index contributed by atoms with van der Waals surface area (Å²) in [5.74, 6) is -1.29. The van der Waals surface area contributed by atoms with Crippen LogP contribution < -0.4 is 0 Å². The van der Waals surface area contributed by atoms with Gasteiger partial charge in [0, 0.05) is 11.5 Å². The third-order valence-electron chi connectivity index (χ3n) is 4.95. The van der Waals surface area contributed by atoms with Gasteiger partial charge >= 0.3 is 23.3 Å². The van der Waals surface area contributed by atoms with E-state index in [1.54, 1.807) is 0 Å². The van der Waals surface area contributed by atoms with Crippen LogP contribution in [-0.4, -0.2) is 39.5 Å². The van der Waals surface area contributed by atoms with Crippen LogP contribution in [0.5, 0.6) is 0 Å². The maximum absolute atomic E-state index is 11.9. The van der Waals surface area contributed by atoms with E-state index in [0.717, 1.165) is 12.8 Å². The highest BCUT2D eigenvalue weighted by Crippen LogP contribution is 2.59. The molecule has 0 saturated heterocycles. The smallest absolute Gasteiger partial charge is 0.344 e. The van der Waals surface area contributed by atoms with Crippen LogP contribution in [0, 0.1) is 17.3 Å². The van der Waals surface area contributed by atoms with Crippen LogP contribution >= 0.6 is 0 Å². The van der Waals surface area contributed by atoms with Crippen molar-refractivity contribution in [3.63, 3.8) is 0 Å². The van der Waals surface area contributed by atoms with E-state index in [4.69, 9.17) is 18.2 Å². The normalized spacial score (nSPS) is 32.3. The Labute approximate surface area is 137 Å². The lowest BCUT2D eigenvalue weighted by Crippen LogP contribution is -2.39. The molecule has 0 aromatic heterocycles. The first-order valence-corrected chi connectivity index (χ1v) is 8.48. The number of carbonyl (C=O) groups excluding carboxylic acids is 2. The van der Waals surface area contributed by atoms with Gasteiger partial charge < -0.3 is 9.47 Å². The zero-order valence-electron chi connectivity index (χ0n) is 13.4. The summed E-state index contributed by atoms with van der Waals surface area (Å²) in [5.41, 5.74) is 0.0411. The van der Waals surface area contributed by atoms with Crippen LogP contribution in [0.2, 0.25) is 0 Å². The molecular weight excluding hydrogens is 324 g/mol. The molecule has 2 bridgehead atoms. The summed E-state index contributed by atoms with van der Waals surface area (Å²) < 4.78 is 35.3. The largest absolute Gasteiger partial charge is 0.457 e. The van der Waals surface area contributed by atoms with Crippen molar-refractivity contribution in [2.45, 2.75) is 45.8 Å². The molecule has 2 aliphatic rings. The predicted octanol–water partition coefficient (Wildman–Crippen LogP) is 1.61. The lowest BCUT2D eigenvalue weighted by molar-refractivity contribution is -0.166. The zero-order chi connectivity index (χ0) is 17.4. The zero-order valence-corrected chi connectivity index (χ0v) is 14.3. The van der Waals surface area contributed by atoms with Gasteiger partial charge in [0.05, 0.1) is 0 Å². The minimum absolute atomic E-state index is 0.0411. The van der Waals surface area contributed by atoms with Crippen molar-refractivity contribution in [2.75, 3.05) is 6.61 Å². The van der Waals surface area contributed by atoms with Gasteiger partial charge in [-0.3, -0.25) is 8.74 Å². The Hall–Kier alpha value is -1.25. The summed E-state index contributed by atoms with van der Waals surface area (Å²) >= 11 is -2.43. The van der Waals surface area contributed by atoms with Crippen LogP contribution in [-0.2, 0) is 34.6 Å². The van der Waals surface area contributed by atoms with Crippen LogP contribution in [0.3, 0.4) is 0 Å². The number of carbonyl (C=O) groups is 2. The molecule has 2 saturated carbocycles. The lowest BCUT2D eigenvalue weighted by Gasteiger charge is -2.28. The third-order valence-corrected chi connectivity index (χ3v) is 5.33. The maximum atomic E-state index is 11.9. The standard InChI is InChI=1S/C15H22O7S/c1-8(2)14(17)20-7-11(16)21-12-9-5-6-10(15(9,3)4)13(12)22-23(18)19/h9-10,12-13H,1,5-7H2,2-4H3,(H,18,19). The summed E-state index contributed by atoms with van der Waals surface area (Å²) in [7, 11) is 0. The van der Waals surface area contributed by atoms with E-state index < -0.39 is 42.1 Å². The molecule has 0 aliphatic heterocycles. The second kappa shape index (κ2) is 6.70. The van der Waals surface area contributed by atoms with Gasteiger partial charge in [-0.05, 0) is 31.1 Å². The SMILES string of the molecule is C=C(C)C(=O)OCC(=O)OC1C(OS(=O)O)C2CCC1C2(C)C. The molecule has 0 aromatic rings. The van der Waals surface area contributed by atoms with Gasteiger partial charge in [0.25, 0.3) is 0 Å². The molecule has 2 rings (SSSR count). The van der Waals surface area contributed by atoms with Crippen molar-refractivity contribution >= 4 is 23.3 Å². The monoisotopic (exact) mass is 346 g/mol. The highest BCUT2D eigenvalue weighted by Gasteiger charge is 2.62. The predicted molar refractivity (Wildman–Crippen MR) is 81.3 cm³/mol. The highest BCUT2D eigenvalue weighted by molar-refractivity contribution is 7.74. The molecule has 0 radical (unpaired) electrons. The number of ether oxygens (including phenoxy) is 2. The fraction of sp³-hybridized carbons (Fsp3) is 0.733. The van der Waals surface area contributed by atoms with Gasteiger partial charge in [-0.25, -0.2) is 9.59 Å². The second-order valence-electron chi connectivity index (χ2n) is 6.70. The summed E-state index contributed by atoms with van der Waals surface area (Å²) in [6, 6.07) is 0. The topological polar surface area (TPSA) is 99.1 Å². The molecule has 2 fully saturated rings. The first-order chi connectivity index (χ1) is 10.6. The van der Waals surface area contributed by atoms with Gasteiger partial charge in [0.2, 0.25) is 0 Å². The van der Waals surface area contributed by atoms with Crippen molar-refractivity contribution in [2.24, 2.45) is 17.3 Å². The molecule has 7 nitrogen and oxygen atoms in total. The van der Waals surface area contributed by atoms with Crippen molar-refractivity contribution in [1.29, 1.82) is 0 Å². The van der Waals surface area contributed by atoms with Crippen molar-refractivity contribution in [1.82, 2.24) is 0 Å². The van der Waals surface area contributed by atoms with Gasteiger partial charge in [0.1, 0.15) is 12.2 Å². The maximum Gasteiger partial charge on any atom is 0.344 e. The van der Waals surface area contributed by atoms with E-state index in [0.29, 0.717) is 0 Å². The molecule has 5 atom stereocenters. The quantitative estimate of drug-likeness (QED) is 0.443. The molecule has 0 heterocycles. The Morgan fingerprint density at radius 2 is 1.83 bits per heavy atom. The van der Waals surface area contributed by atoms with Crippen molar-refractivity contribution in [3.05, 3.63) is 12.2 Å². The second-order valence-corrected chi connectivity index (χ2v) is 7.33. The van der Waals surface area contributed by atoms with Crippen molar-refractivity contribution < 1.29 is 32.0 Å². The summed E-state index contributed by atoms with van der Waals surface area (Å²) in [4.78, 5) is 23.2. The van der Waals surface area contributed by atoms with Crippen LogP contribution in [0.1, 0.15) is 33.6 Å². The highest BCUT2D eigenvalue weighted by atomic mass is 32.2. The minimum atomic E-state index is -2.43. The molecule has 23 heavy (non-hydrogen) atoms. The molecule has 2 aliphatic carbocycles. The summed E-state index contributed by atoms with van der Waals surface area (Å²) in [6.45, 7) is 8.47. The average Bonchev–Trinajstić information content (AvgIpc) is 2.83. The Morgan fingerprint density at radius 1 is 1.26 bits per heavy atom. The van der Waals surface area contributed by atoms with Crippen LogP contribution in [0.15, 0.2) is 12.2 Å². The number of esters is 2. The number of hydrogen-bond acceptors (Lipinski definition) is 6. The van der Waals surface area contributed by atoms with E-state index in [9.17, 15) is 13.8 Å². The first kappa shape index (κ1) is 18.1. The van der Waals surface area contributed by atoms with Crippen LogP contribution in [0.25, 0.3) is 0 Å². The first-order valence-electron chi connectivity index (χ1n) is 7.44.